The van der Waals surface area contributed by atoms with Gasteiger partial charge in [0.1, 0.15) is 0 Å². The smallest absolute Gasteiger partial charge is 0.0713 e. The normalized spacial score (nSPS) is 12.9. The molecule has 0 radical (unpaired) electrons. The Bertz CT molecular complexity index is 342. The Balaban J connectivity index is 2.60. The van der Waals surface area contributed by atoms with Gasteiger partial charge in [0.25, 0.3) is 0 Å². The van der Waals surface area contributed by atoms with Crippen LogP contribution in [0.2, 0.25) is 0 Å². The molecule has 0 fully saturated rings. The zero-order chi connectivity index (χ0) is 13.4. The van der Waals surface area contributed by atoms with Crippen molar-refractivity contribution >= 4 is 0 Å². The van der Waals surface area contributed by atoms with E-state index in [1.54, 1.807) is 7.11 Å². The maximum absolute atomic E-state index is 9.46. The molecule has 0 bridgehead atoms. The maximum Gasteiger partial charge on any atom is 0.0713 e. The highest BCUT2D eigenvalue weighted by Gasteiger charge is 2.09. The van der Waals surface area contributed by atoms with Gasteiger partial charge in [-0.15, -0.1) is 0 Å². The molecule has 0 saturated carbocycles. The average Bonchev–Trinajstić information content (AvgIpc) is 2.35. The van der Waals surface area contributed by atoms with Gasteiger partial charge in [0.15, 0.2) is 0 Å². The first kappa shape index (κ1) is 15.1. The quantitative estimate of drug-likeness (QED) is 0.725. The van der Waals surface area contributed by atoms with Gasteiger partial charge >= 0.3 is 0 Å². The zero-order valence-electron chi connectivity index (χ0n) is 11.5. The Labute approximate surface area is 110 Å². The summed E-state index contributed by atoms with van der Waals surface area (Å²) in [6, 6.07) is 8.12. The SMILES string of the molecule is COCc1cccc(C(CO)NCCN(C)C)c1. The molecule has 102 valence electrons. The van der Waals surface area contributed by atoms with E-state index in [4.69, 9.17) is 4.74 Å². The summed E-state index contributed by atoms with van der Waals surface area (Å²) >= 11 is 0. The molecule has 0 aromatic heterocycles. The topological polar surface area (TPSA) is 44.7 Å². The van der Waals surface area contributed by atoms with E-state index in [1.807, 2.05) is 32.3 Å². The molecule has 0 aliphatic heterocycles. The van der Waals surface area contributed by atoms with Crippen molar-refractivity contribution in [3.05, 3.63) is 35.4 Å². The largest absolute Gasteiger partial charge is 0.394 e. The Morgan fingerprint density at radius 2 is 2.17 bits per heavy atom. The molecule has 1 unspecified atom stereocenters. The number of ether oxygens (including phenoxy) is 1. The molecule has 1 rings (SSSR count). The van der Waals surface area contributed by atoms with E-state index in [2.05, 4.69) is 16.3 Å². The number of likely N-dealkylation sites (N-methyl/N-ethyl adjacent to an activating group) is 1. The first-order chi connectivity index (χ1) is 8.67. The third-order valence-electron chi connectivity index (χ3n) is 2.80. The molecular formula is C14H24N2O2. The lowest BCUT2D eigenvalue weighted by Gasteiger charge is -2.19. The Kier molecular flexibility index (Phi) is 6.90. The number of nitrogens with one attached hydrogen (secondary N) is 1. The minimum absolute atomic E-state index is 0.0123. The summed E-state index contributed by atoms with van der Waals surface area (Å²) in [4.78, 5) is 2.11. The monoisotopic (exact) mass is 252 g/mol. The lowest BCUT2D eigenvalue weighted by atomic mass is 10.0. The number of aliphatic hydroxyl groups excluding tert-OH is 1. The fourth-order valence-corrected chi connectivity index (χ4v) is 1.82. The molecule has 1 aromatic carbocycles. The molecule has 2 N–H and O–H groups in total. The summed E-state index contributed by atoms with van der Waals surface area (Å²) in [6.07, 6.45) is 0. The van der Waals surface area contributed by atoms with Gasteiger partial charge in [0.2, 0.25) is 0 Å². The molecule has 4 nitrogen and oxygen atoms in total. The molecular weight excluding hydrogens is 228 g/mol. The van der Waals surface area contributed by atoms with Crippen molar-refractivity contribution in [2.75, 3.05) is 40.9 Å². The van der Waals surface area contributed by atoms with E-state index in [0.29, 0.717) is 6.61 Å². The summed E-state index contributed by atoms with van der Waals surface area (Å²) < 4.78 is 5.12. The van der Waals surface area contributed by atoms with E-state index < -0.39 is 0 Å². The van der Waals surface area contributed by atoms with E-state index in [-0.39, 0.29) is 12.6 Å². The average molecular weight is 252 g/mol. The van der Waals surface area contributed by atoms with Gasteiger partial charge < -0.3 is 20.1 Å². The van der Waals surface area contributed by atoms with Gasteiger partial charge in [-0.3, -0.25) is 0 Å². The fraction of sp³-hybridized carbons (Fsp3) is 0.571. The number of rotatable bonds is 8. The molecule has 18 heavy (non-hydrogen) atoms. The first-order valence-corrected chi connectivity index (χ1v) is 6.24. The third kappa shape index (κ3) is 5.14. The molecule has 0 aliphatic rings. The van der Waals surface area contributed by atoms with Crippen LogP contribution in [0.15, 0.2) is 24.3 Å². The first-order valence-electron chi connectivity index (χ1n) is 6.24. The van der Waals surface area contributed by atoms with Crippen molar-refractivity contribution < 1.29 is 9.84 Å². The van der Waals surface area contributed by atoms with Crippen LogP contribution in [0, 0.1) is 0 Å². The predicted molar refractivity (Wildman–Crippen MR) is 73.5 cm³/mol. The molecule has 0 saturated heterocycles. The van der Waals surface area contributed by atoms with Crippen LogP contribution in [0.1, 0.15) is 17.2 Å². The molecule has 4 heteroatoms. The molecule has 0 heterocycles. The van der Waals surface area contributed by atoms with Crippen LogP contribution in [0.25, 0.3) is 0 Å². The van der Waals surface area contributed by atoms with E-state index >= 15 is 0 Å². The highest BCUT2D eigenvalue weighted by Crippen LogP contribution is 2.14. The molecule has 1 atom stereocenters. The van der Waals surface area contributed by atoms with Gasteiger partial charge in [0.05, 0.1) is 19.3 Å². The summed E-state index contributed by atoms with van der Waals surface area (Å²) in [5.74, 6) is 0. The maximum atomic E-state index is 9.46. The number of aliphatic hydroxyl groups is 1. The minimum atomic E-state index is -0.0123. The number of nitrogens with zero attached hydrogens (tertiary/aromatic N) is 1. The summed E-state index contributed by atoms with van der Waals surface area (Å²) in [5.41, 5.74) is 2.23. The predicted octanol–water partition coefficient (Wildman–Crippen LogP) is 1.02. The van der Waals surface area contributed by atoms with Crippen molar-refractivity contribution in [2.24, 2.45) is 0 Å². The molecule has 1 aromatic rings. The van der Waals surface area contributed by atoms with Crippen LogP contribution >= 0.6 is 0 Å². The van der Waals surface area contributed by atoms with Crippen LogP contribution in [0.4, 0.5) is 0 Å². The van der Waals surface area contributed by atoms with Crippen molar-refractivity contribution in [1.29, 1.82) is 0 Å². The zero-order valence-corrected chi connectivity index (χ0v) is 11.5. The van der Waals surface area contributed by atoms with E-state index in [9.17, 15) is 5.11 Å². The Hall–Kier alpha value is -0.940. The van der Waals surface area contributed by atoms with E-state index in [0.717, 1.165) is 24.2 Å². The third-order valence-corrected chi connectivity index (χ3v) is 2.80. The number of hydrogen-bond acceptors (Lipinski definition) is 4. The van der Waals surface area contributed by atoms with Crippen molar-refractivity contribution in [3.8, 4) is 0 Å². The van der Waals surface area contributed by atoms with E-state index in [1.165, 1.54) is 0 Å². The van der Waals surface area contributed by atoms with Crippen LogP contribution in [-0.2, 0) is 11.3 Å². The molecule has 0 amide bonds. The van der Waals surface area contributed by atoms with Crippen molar-refractivity contribution in [2.45, 2.75) is 12.6 Å². The van der Waals surface area contributed by atoms with Crippen LogP contribution in [-0.4, -0.2) is 50.9 Å². The van der Waals surface area contributed by atoms with Crippen molar-refractivity contribution in [1.82, 2.24) is 10.2 Å². The number of methoxy groups -OCH3 is 1. The van der Waals surface area contributed by atoms with Gasteiger partial charge in [0, 0.05) is 20.2 Å². The van der Waals surface area contributed by atoms with Gasteiger partial charge in [-0.05, 0) is 25.2 Å². The second kappa shape index (κ2) is 8.21. The van der Waals surface area contributed by atoms with Gasteiger partial charge in [-0.25, -0.2) is 0 Å². The van der Waals surface area contributed by atoms with Crippen molar-refractivity contribution in [3.63, 3.8) is 0 Å². The second-order valence-corrected chi connectivity index (χ2v) is 4.67. The van der Waals surface area contributed by atoms with Gasteiger partial charge in [-0.1, -0.05) is 24.3 Å². The highest BCUT2D eigenvalue weighted by atomic mass is 16.5. The number of benzene rings is 1. The summed E-state index contributed by atoms with van der Waals surface area (Å²) in [5, 5.41) is 12.8. The lowest BCUT2D eigenvalue weighted by molar-refractivity contribution is 0.184. The van der Waals surface area contributed by atoms with Crippen LogP contribution in [0.3, 0.4) is 0 Å². The molecule has 0 aliphatic carbocycles. The lowest BCUT2D eigenvalue weighted by Crippen LogP contribution is -2.31. The van der Waals surface area contributed by atoms with Crippen LogP contribution < -0.4 is 5.32 Å². The summed E-state index contributed by atoms with van der Waals surface area (Å²) in [6.45, 7) is 2.51. The Morgan fingerprint density at radius 1 is 1.39 bits per heavy atom. The fourth-order valence-electron chi connectivity index (χ4n) is 1.82. The minimum Gasteiger partial charge on any atom is -0.394 e. The standard InChI is InChI=1S/C14H24N2O2/c1-16(2)8-7-15-14(10-17)13-6-4-5-12(9-13)11-18-3/h4-6,9,14-15,17H,7-8,10-11H2,1-3H3. The summed E-state index contributed by atoms with van der Waals surface area (Å²) in [7, 11) is 5.76. The highest BCUT2D eigenvalue weighted by molar-refractivity contribution is 5.25. The Morgan fingerprint density at radius 3 is 2.78 bits per heavy atom. The molecule has 0 spiro atoms. The van der Waals surface area contributed by atoms with Crippen LogP contribution in [0.5, 0.6) is 0 Å². The second-order valence-electron chi connectivity index (χ2n) is 4.67. The number of hydrogen-bond donors (Lipinski definition) is 2. The van der Waals surface area contributed by atoms with Gasteiger partial charge in [-0.2, -0.15) is 0 Å².